The Hall–Kier alpha value is -0.0666. The molecule has 1 aromatic rings. The van der Waals surface area contributed by atoms with E-state index in [1.165, 1.54) is 21.9 Å². The van der Waals surface area contributed by atoms with E-state index in [9.17, 15) is 0 Å². The van der Waals surface area contributed by atoms with E-state index in [2.05, 4.69) is 20.2 Å². The number of hydrogen-bond donors (Lipinski definition) is 0. The van der Waals surface area contributed by atoms with Gasteiger partial charge in [-0.05, 0) is 0 Å². The van der Waals surface area contributed by atoms with E-state index in [0.717, 1.165) is 0 Å². The minimum absolute atomic E-state index is 1.19. The normalized spacial score (nSPS) is 7.55. The first-order valence-electron chi connectivity index (χ1n) is 3.21. The minimum atomic E-state index is 1.19. The zero-order valence-electron chi connectivity index (χ0n) is 6.33. The number of hydrogen-bond acceptors (Lipinski definition) is 0. The van der Waals surface area contributed by atoms with Crippen molar-refractivity contribution in [2.75, 3.05) is 0 Å². The van der Waals surface area contributed by atoms with Gasteiger partial charge in [-0.1, -0.05) is 6.07 Å². The predicted molar refractivity (Wildman–Crippen MR) is 49.0 cm³/mol. The molecule has 0 spiro atoms. The van der Waals surface area contributed by atoms with Crippen LogP contribution in [0.25, 0.3) is 0 Å². The van der Waals surface area contributed by atoms with Crippen molar-refractivity contribution in [3.63, 3.8) is 0 Å². The Morgan fingerprint density at radius 1 is 1.27 bits per heavy atom. The molecule has 2 heteroatoms. The van der Waals surface area contributed by atoms with Crippen molar-refractivity contribution in [1.82, 2.24) is 0 Å². The molecule has 0 aliphatic carbocycles. The van der Waals surface area contributed by atoms with Gasteiger partial charge in [0.25, 0.3) is 0 Å². The van der Waals surface area contributed by atoms with Crippen LogP contribution < -0.4 is 0 Å². The van der Waals surface area contributed by atoms with Gasteiger partial charge < -0.3 is 0 Å². The van der Waals surface area contributed by atoms with Crippen molar-refractivity contribution in [2.24, 2.45) is 0 Å². The van der Waals surface area contributed by atoms with E-state index in [4.69, 9.17) is 0 Å². The summed E-state index contributed by atoms with van der Waals surface area (Å²) in [6.45, 7) is 3.60. The Morgan fingerprint density at radius 3 is 2.27 bits per heavy atom. The first-order chi connectivity index (χ1) is 5.43. The van der Waals surface area contributed by atoms with E-state index < -0.39 is 0 Å². The second kappa shape index (κ2) is 8.03. The maximum absolute atomic E-state index is 3.60. The summed E-state index contributed by atoms with van der Waals surface area (Å²) in [4.78, 5) is 0. The molecule has 11 heavy (non-hydrogen) atoms. The van der Waals surface area contributed by atoms with E-state index in [1.54, 1.807) is 6.08 Å². The first kappa shape index (κ1) is 10.9. The number of halogens is 1. The summed E-state index contributed by atoms with van der Waals surface area (Å²) in [5, 5.41) is 0. The molecule has 0 heterocycles. The molecule has 0 nitrogen and oxygen atoms in total. The zero-order chi connectivity index (χ0) is 8.53. The Kier molecular flexibility index (Phi) is 7.99. The molecule has 0 aromatic heterocycles. The average molecular weight is 262 g/mol. The molecular weight excluding hydrogens is 253 g/mol. The van der Waals surface area contributed by atoms with Crippen molar-refractivity contribution in [1.29, 1.82) is 0 Å². The van der Waals surface area contributed by atoms with Gasteiger partial charge in [0.05, 0.1) is 0 Å². The van der Waals surface area contributed by atoms with E-state index >= 15 is 0 Å². The fourth-order valence-electron chi connectivity index (χ4n) is 0.700. The van der Waals surface area contributed by atoms with Crippen molar-refractivity contribution in [3.05, 3.63) is 55.0 Å². The molecule has 1 rings (SSSR count). The molecule has 0 saturated heterocycles. The summed E-state index contributed by atoms with van der Waals surface area (Å²) in [7, 11) is 0. The molecule has 0 saturated carbocycles. The number of rotatable bonds is 2. The molecule has 0 amide bonds. The van der Waals surface area contributed by atoms with Crippen LogP contribution in [0.1, 0.15) is 5.56 Å². The van der Waals surface area contributed by atoms with Gasteiger partial charge in [0.2, 0.25) is 0 Å². The van der Waals surface area contributed by atoms with Crippen LogP contribution in [0.4, 0.5) is 0 Å². The summed E-state index contributed by atoms with van der Waals surface area (Å²) >= 11 is 4.25. The topological polar surface area (TPSA) is 0 Å². The monoisotopic (exact) mass is 260 g/mol. The molecule has 0 aliphatic rings. The van der Waals surface area contributed by atoms with Gasteiger partial charge in [-0.2, -0.15) is 12.7 Å². The second-order valence-electron chi connectivity index (χ2n) is 1.81. The van der Waals surface area contributed by atoms with E-state index in [1.807, 2.05) is 36.8 Å². The van der Waals surface area contributed by atoms with Crippen molar-refractivity contribution in [3.8, 4) is 0 Å². The van der Waals surface area contributed by atoms with Crippen molar-refractivity contribution >= 4 is 13.6 Å². The molecule has 0 unspecified atom stereocenters. The second-order valence-corrected chi connectivity index (χ2v) is 1.81. The fourth-order valence-corrected chi connectivity index (χ4v) is 0.700. The van der Waals surface area contributed by atoms with Crippen molar-refractivity contribution in [2.45, 2.75) is 0 Å². The molecule has 0 bridgehead atoms. The SMILES string of the molecule is C=C[CH-]c1ccccc1.[Zn+][Br]. The van der Waals surface area contributed by atoms with Gasteiger partial charge in [0, 0.05) is 0 Å². The van der Waals surface area contributed by atoms with Gasteiger partial charge in [-0.15, -0.1) is 36.2 Å². The summed E-state index contributed by atoms with van der Waals surface area (Å²) in [5.41, 5.74) is 1.20. The third-order valence-corrected chi connectivity index (χ3v) is 1.11. The van der Waals surface area contributed by atoms with Crippen LogP contribution in [0.5, 0.6) is 0 Å². The van der Waals surface area contributed by atoms with Crippen LogP contribution in [0.3, 0.4) is 0 Å². The Morgan fingerprint density at radius 2 is 1.82 bits per heavy atom. The first-order valence-corrected chi connectivity index (χ1v) is 10.2. The number of benzene rings is 1. The molecular formula is C9H9BrZn. The zero-order valence-corrected chi connectivity index (χ0v) is 10.9. The van der Waals surface area contributed by atoms with Crippen LogP contribution in [0.15, 0.2) is 43.0 Å². The molecule has 0 radical (unpaired) electrons. The van der Waals surface area contributed by atoms with E-state index in [0.29, 0.717) is 0 Å². The summed E-state index contributed by atoms with van der Waals surface area (Å²) in [5.74, 6) is 0. The van der Waals surface area contributed by atoms with E-state index in [-0.39, 0.29) is 0 Å². The summed E-state index contributed by atoms with van der Waals surface area (Å²) < 4.78 is 0. The Balaban J connectivity index is 0.000000461. The fraction of sp³-hybridized carbons (Fsp3) is 0. The quantitative estimate of drug-likeness (QED) is 0.567. The van der Waals surface area contributed by atoms with Crippen LogP contribution in [0, 0.1) is 6.42 Å². The van der Waals surface area contributed by atoms with Crippen LogP contribution >= 0.6 is 13.6 Å². The average Bonchev–Trinajstić information content (AvgIpc) is 2.11. The number of allylic oxidation sites excluding steroid dienone is 1. The Labute approximate surface area is 84.7 Å². The maximum atomic E-state index is 3.60. The molecule has 0 fully saturated rings. The molecule has 0 N–H and O–H groups in total. The van der Waals surface area contributed by atoms with Gasteiger partial charge in [0.1, 0.15) is 0 Å². The van der Waals surface area contributed by atoms with Gasteiger partial charge in [0.15, 0.2) is 0 Å². The van der Waals surface area contributed by atoms with Crippen LogP contribution in [-0.4, -0.2) is 0 Å². The van der Waals surface area contributed by atoms with Gasteiger partial charge in [-0.25, -0.2) is 0 Å². The summed E-state index contributed by atoms with van der Waals surface area (Å²) in [6, 6.07) is 10.1. The van der Waals surface area contributed by atoms with Gasteiger partial charge >= 0.3 is 30.0 Å². The summed E-state index contributed by atoms with van der Waals surface area (Å²) in [6.07, 6.45) is 3.76. The van der Waals surface area contributed by atoms with Gasteiger partial charge in [-0.3, -0.25) is 0 Å². The predicted octanol–water partition coefficient (Wildman–Crippen LogP) is 3.27. The molecule has 54 valence electrons. The molecule has 0 aliphatic heterocycles. The Bertz CT molecular complexity index is 184. The third-order valence-electron chi connectivity index (χ3n) is 1.11. The third kappa shape index (κ3) is 5.23. The molecule has 1 aromatic carbocycles. The van der Waals surface area contributed by atoms with Crippen LogP contribution in [-0.2, 0) is 16.3 Å². The van der Waals surface area contributed by atoms with Crippen LogP contribution in [0.2, 0.25) is 0 Å². The molecule has 0 atom stereocenters. The standard InChI is InChI=1S/C9H9.BrH.Zn/c1-2-6-9-7-4-3-5-8-9;;/h2-8H,1H2;1H;/q-1;;+2/p-1. The van der Waals surface area contributed by atoms with Crippen molar-refractivity contribution < 1.29 is 16.3 Å².